The predicted octanol–water partition coefficient (Wildman–Crippen LogP) is 3.15. The zero-order valence-electron chi connectivity index (χ0n) is 9.53. The second-order valence-electron chi connectivity index (χ2n) is 4.39. The van der Waals surface area contributed by atoms with Crippen LogP contribution in [0.4, 0.5) is 5.69 Å². The molecule has 2 nitrogen and oxygen atoms in total. The summed E-state index contributed by atoms with van der Waals surface area (Å²) >= 11 is 0. The van der Waals surface area contributed by atoms with Gasteiger partial charge in [0.25, 0.3) is 0 Å². The average Bonchev–Trinajstić information content (AvgIpc) is 2.35. The monoisotopic (exact) mass is 202 g/mol. The Morgan fingerprint density at radius 2 is 2.20 bits per heavy atom. The molecule has 0 fully saturated rings. The minimum atomic E-state index is 0.469. The number of anilines is 1. The number of hydrogen-bond donors (Lipinski definition) is 0. The van der Waals surface area contributed by atoms with Crippen molar-refractivity contribution >= 4 is 5.69 Å². The highest BCUT2D eigenvalue weighted by Gasteiger charge is 2.20. The largest absolute Gasteiger partial charge is 0.343 e. The first-order chi connectivity index (χ1) is 7.20. The third kappa shape index (κ3) is 1.89. The molecule has 2 heteroatoms. The molecule has 2 heterocycles. The molecule has 0 aromatic carbocycles. The summed E-state index contributed by atoms with van der Waals surface area (Å²) in [5.74, 6) is 0. The van der Waals surface area contributed by atoms with E-state index >= 15 is 0 Å². The van der Waals surface area contributed by atoms with Crippen LogP contribution in [0.1, 0.15) is 32.3 Å². The van der Waals surface area contributed by atoms with E-state index in [2.05, 4.69) is 36.4 Å². The van der Waals surface area contributed by atoms with E-state index in [0.29, 0.717) is 6.04 Å². The van der Waals surface area contributed by atoms with Gasteiger partial charge in [-0.3, -0.25) is 4.98 Å². The second kappa shape index (κ2) is 4.05. The van der Waals surface area contributed by atoms with Gasteiger partial charge in [-0.15, -0.1) is 0 Å². The third-order valence-electron chi connectivity index (χ3n) is 2.91. The fourth-order valence-electron chi connectivity index (χ4n) is 2.26. The highest BCUT2D eigenvalue weighted by molar-refractivity contribution is 5.58. The number of hydrogen-bond acceptors (Lipinski definition) is 2. The maximum Gasteiger partial charge on any atom is 0.0473 e. The number of pyridine rings is 1. The van der Waals surface area contributed by atoms with E-state index in [4.69, 9.17) is 0 Å². The molecule has 0 radical (unpaired) electrons. The van der Waals surface area contributed by atoms with E-state index in [0.717, 1.165) is 12.8 Å². The van der Waals surface area contributed by atoms with Gasteiger partial charge in [-0.25, -0.2) is 0 Å². The average molecular weight is 202 g/mol. The van der Waals surface area contributed by atoms with Crippen molar-refractivity contribution < 1.29 is 0 Å². The lowest BCUT2D eigenvalue weighted by atomic mass is 10.1. The van der Waals surface area contributed by atoms with E-state index in [-0.39, 0.29) is 0 Å². The summed E-state index contributed by atoms with van der Waals surface area (Å²) in [6.07, 6.45) is 7.25. The number of aryl methyl sites for hydroxylation is 1. The van der Waals surface area contributed by atoms with Gasteiger partial charge in [0.05, 0.1) is 0 Å². The van der Waals surface area contributed by atoms with Gasteiger partial charge >= 0.3 is 0 Å². The normalized spacial score (nSPS) is 16.5. The molecule has 0 saturated heterocycles. The summed E-state index contributed by atoms with van der Waals surface area (Å²) in [4.78, 5) is 6.54. The summed E-state index contributed by atoms with van der Waals surface area (Å²) in [5, 5.41) is 0. The van der Waals surface area contributed by atoms with E-state index < -0.39 is 0 Å². The van der Waals surface area contributed by atoms with Crippen molar-refractivity contribution in [1.29, 1.82) is 0 Å². The van der Waals surface area contributed by atoms with Gasteiger partial charge in [0.2, 0.25) is 0 Å². The maximum atomic E-state index is 4.20. The summed E-state index contributed by atoms with van der Waals surface area (Å²) < 4.78 is 0. The second-order valence-corrected chi connectivity index (χ2v) is 4.39. The van der Waals surface area contributed by atoms with Gasteiger partial charge in [0, 0.05) is 29.8 Å². The van der Waals surface area contributed by atoms with Crippen LogP contribution in [-0.4, -0.2) is 11.0 Å². The first-order valence-corrected chi connectivity index (χ1v) is 5.60. The fraction of sp³-hybridized carbons (Fsp3) is 0.462. The summed E-state index contributed by atoms with van der Waals surface area (Å²) in [6.45, 7) is 8.60. The van der Waals surface area contributed by atoms with Crippen LogP contribution >= 0.6 is 0 Å². The number of aromatic nitrogens is 1. The van der Waals surface area contributed by atoms with Crippen molar-refractivity contribution in [3.8, 4) is 0 Å². The van der Waals surface area contributed by atoms with Crippen LogP contribution in [0.25, 0.3) is 0 Å². The van der Waals surface area contributed by atoms with Crippen LogP contribution in [0, 0.1) is 0 Å². The molecule has 0 amide bonds. The van der Waals surface area contributed by atoms with Crippen LogP contribution in [0.5, 0.6) is 0 Å². The van der Waals surface area contributed by atoms with Gasteiger partial charge in [-0.05, 0) is 44.7 Å². The maximum absolute atomic E-state index is 4.20. The predicted molar refractivity (Wildman–Crippen MR) is 63.9 cm³/mol. The van der Waals surface area contributed by atoms with Crippen molar-refractivity contribution in [1.82, 2.24) is 4.98 Å². The molecule has 0 unspecified atom stereocenters. The van der Waals surface area contributed by atoms with Crippen LogP contribution in [0.2, 0.25) is 0 Å². The summed E-state index contributed by atoms with van der Waals surface area (Å²) in [7, 11) is 0. The van der Waals surface area contributed by atoms with Crippen LogP contribution in [-0.2, 0) is 6.42 Å². The number of rotatable bonds is 1. The molecule has 0 atom stereocenters. The number of allylic oxidation sites excluding steroid dienone is 1. The lowest BCUT2D eigenvalue weighted by Crippen LogP contribution is -2.29. The molecule has 15 heavy (non-hydrogen) atoms. The molecule has 1 aromatic rings. The van der Waals surface area contributed by atoms with E-state index in [9.17, 15) is 0 Å². The van der Waals surface area contributed by atoms with Crippen LogP contribution in [0.3, 0.4) is 0 Å². The molecule has 1 aliphatic rings. The molecule has 0 aliphatic carbocycles. The summed E-state index contributed by atoms with van der Waals surface area (Å²) in [5.41, 5.74) is 3.88. The van der Waals surface area contributed by atoms with Crippen molar-refractivity contribution in [2.24, 2.45) is 0 Å². The SMILES string of the molecule is C=C1CCCc2cnccc2N1C(C)C. The Bertz CT molecular complexity index is 369. The molecule has 0 spiro atoms. The zero-order chi connectivity index (χ0) is 10.8. The van der Waals surface area contributed by atoms with Gasteiger partial charge in [0.1, 0.15) is 0 Å². The number of nitrogens with zero attached hydrogens (tertiary/aromatic N) is 2. The lowest BCUT2D eigenvalue weighted by molar-refractivity contribution is 0.724. The number of fused-ring (bicyclic) bond motifs is 1. The molecular formula is C13H18N2. The zero-order valence-corrected chi connectivity index (χ0v) is 9.53. The summed E-state index contributed by atoms with van der Waals surface area (Å²) in [6, 6.07) is 2.57. The fourth-order valence-corrected chi connectivity index (χ4v) is 2.26. The van der Waals surface area contributed by atoms with Crippen LogP contribution in [0.15, 0.2) is 30.7 Å². The molecule has 2 rings (SSSR count). The minimum Gasteiger partial charge on any atom is -0.343 e. The Hall–Kier alpha value is -1.31. The van der Waals surface area contributed by atoms with E-state index in [1.54, 1.807) is 0 Å². The molecule has 80 valence electrons. The van der Waals surface area contributed by atoms with E-state index in [1.165, 1.54) is 23.4 Å². The van der Waals surface area contributed by atoms with Crippen LogP contribution < -0.4 is 4.90 Å². The Balaban J connectivity index is 2.47. The minimum absolute atomic E-state index is 0.469. The quantitative estimate of drug-likeness (QED) is 0.695. The van der Waals surface area contributed by atoms with Gasteiger partial charge in [-0.2, -0.15) is 0 Å². The Labute approximate surface area is 91.6 Å². The van der Waals surface area contributed by atoms with Crippen molar-refractivity contribution in [2.75, 3.05) is 4.90 Å². The standard InChI is InChI=1S/C13H18N2/c1-10(2)15-11(3)5-4-6-12-9-14-8-7-13(12)15/h7-10H,3-6H2,1-2H3. The highest BCUT2D eigenvalue weighted by Crippen LogP contribution is 2.31. The topological polar surface area (TPSA) is 16.1 Å². The van der Waals surface area contributed by atoms with Gasteiger partial charge in [-0.1, -0.05) is 6.58 Å². The van der Waals surface area contributed by atoms with Crippen molar-refractivity contribution in [3.63, 3.8) is 0 Å². The van der Waals surface area contributed by atoms with Gasteiger partial charge < -0.3 is 4.90 Å². The molecule has 0 N–H and O–H groups in total. The Morgan fingerprint density at radius 1 is 1.40 bits per heavy atom. The molecule has 0 bridgehead atoms. The first-order valence-electron chi connectivity index (χ1n) is 5.60. The third-order valence-corrected chi connectivity index (χ3v) is 2.91. The Morgan fingerprint density at radius 3 is 2.93 bits per heavy atom. The molecular weight excluding hydrogens is 184 g/mol. The Kier molecular flexibility index (Phi) is 2.76. The first kappa shape index (κ1) is 10.2. The lowest BCUT2D eigenvalue weighted by Gasteiger charge is -2.30. The van der Waals surface area contributed by atoms with E-state index in [1.807, 2.05) is 12.4 Å². The highest BCUT2D eigenvalue weighted by atomic mass is 15.2. The molecule has 1 aliphatic heterocycles. The molecule has 0 saturated carbocycles. The van der Waals surface area contributed by atoms with Crippen molar-refractivity contribution in [3.05, 3.63) is 36.3 Å². The smallest absolute Gasteiger partial charge is 0.0473 e. The molecule has 1 aromatic heterocycles. The van der Waals surface area contributed by atoms with Crippen molar-refractivity contribution in [2.45, 2.75) is 39.2 Å². The van der Waals surface area contributed by atoms with Gasteiger partial charge in [0.15, 0.2) is 0 Å².